The van der Waals surface area contributed by atoms with Crippen LogP contribution in [0.1, 0.15) is 12.5 Å². The summed E-state index contributed by atoms with van der Waals surface area (Å²) in [5, 5.41) is 9.81. The molecule has 0 aliphatic heterocycles. The zero-order valence-corrected chi connectivity index (χ0v) is 13.9. The monoisotopic (exact) mass is 345 g/mol. The number of hydrogen-bond donors (Lipinski definition) is 1. The van der Waals surface area contributed by atoms with Crippen LogP contribution >= 0.6 is 11.6 Å². The van der Waals surface area contributed by atoms with Crippen LogP contribution in [0.25, 0.3) is 11.0 Å². The van der Waals surface area contributed by atoms with Gasteiger partial charge in [-0.05, 0) is 25.1 Å². The van der Waals surface area contributed by atoms with E-state index in [1.54, 1.807) is 25.1 Å². The fraction of sp³-hybridized carbons (Fsp3) is 0.357. The van der Waals surface area contributed by atoms with Crippen molar-refractivity contribution >= 4 is 38.6 Å². The average Bonchev–Trinajstić information content (AvgIpc) is 2.76. The van der Waals surface area contributed by atoms with Gasteiger partial charge < -0.3 is 9.52 Å². The highest BCUT2D eigenvalue weighted by Gasteiger charge is 2.30. The number of carboxylic acids is 1. The zero-order valence-electron chi connectivity index (χ0n) is 12.3. The smallest absolute Gasteiger partial charge is 0.307 e. The number of halogens is 1. The van der Waals surface area contributed by atoms with Crippen LogP contribution in [-0.2, 0) is 14.8 Å². The second-order valence-corrected chi connectivity index (χ2v) is 7.56. The van der Waals surface area contributed by atoms with Gasteiger partial charge in [0.25, 0.3) is 10.0 Å². The molecule has 8 heteroatoms. The van der Waals surface area contributed by atoms with Crippen LogP contribution in [0.3, 0.4) is 0 Å². The topological polar surface area (TPSA) is 87.8 Å². The molecule has 2 rings (SSSR count). The van der Waals surface area contributed by atoms with E-state index in [1.165, 1.54) is 14.0 Å². The maximum absolute atomic E-state index is 12.6. The van der Waals surface area contributed by atoms with Crippen molar-refractivity contribution in [1.82, 2.24) is 4.31 Å². The number of carbonyl (C=O) groups is 1. The Kier molecular flexibility index (Phi) is 4.51. The molecule has 120 valence electrons. The predicted molar refractivity (Wildman–Crippen MR) is 82.6 cm³/mol. The van der Waals surface area contributed by atoms with Crippen LogP contribution in [0.5, 0.6) is 0 Å². The van der Waals surface area contributed by atoms with Crippen molar-refractivity contribution in [3.63, 3.8) is 0 Å². The number of aliphatic carboxylic acids is 1. The van der Waals surface area contributed by atoms with Crippen molar-refractivity contribution in [3.8, 4) is 0 Å². The minimum absolute atomic E-state index is 0.144. The van der Waals surface area contributed by atoms with Gasteiger partial charge in [0.2, 0.25) is 5.09 Å². The highest BCUT2D eigenvalue weighted by atomic mass is 35.5. The lowest BCUT2D eigenvalue weighted by Gasteiger charge is -2.18. The van der Waals surface area contributed by atoms with E-state index in [-0.39, 0.29) is 11.6 Å². The highest BCUT2D eigenvalue weighted by Crippen LogP contribution is 2.32. The SMILES string of the molecule is Cc1c(S(=O)(=O)N(C)CC(C)C(=O)O)oc2ccc(Cl)cc12. The molecule has 0 amide bonds. The zero-order chi connectivity index (χ0) is 16.7. The summed E-state index contributed by atoms with van der Waals surface area (Å²) in [5.74, 6) is -1.88. The lowest BCUT2D eigenvalue weighted by atomic mass is 10.2. The highest BCUT2D eigenvalue weighted by molar-refractivity contribution is 7.89. The van der Waals surface area contributed by atoms with Crippen molar-refractivity contribution in [2.75, 3.05) is 13.6 Å². The summed E-state index contributed by atoms with van der Waals surface area (Å²) >= 11 is 5.91. The van der Waals surface area contributed by atoms with E-state index in [9.17, 15) is 13.2 Å². The number of rotatable bonds is 5. The third-order valence-electron chi connectivity index (χ3n) is 3.45. The Bertz CT molecular complexity index is 827. The molecular formula is C14H16ClNO5S. The number of carboxylic acid groups (broad SMARTS) is 1. The maximum Gasteiger partial charge on any atom is 0.307 e. The lowest BCUT2D eigenvalue weighted by Crippen LogP contribution is -2.33. The van der Waals surface area contributed by atoms with Gasteiger partial charge in [-0.2, -0.15) is 4.31 Å². The van der Waals surface area contributed by atoms with Crippen LogP contribution in [0.4, 0.5) is 0 Å². The summed E-state index contributed by atoms with van der Waals surface area (Å²) in [6, 6.07) is 4.84. The molecule has 0 bridgehead atoms. The molecule has 1 aromatic carbocycles. The van der Waals surface area contributed by atoms with E-state index in [4.69, 9.17) is 21.1 Å². The molecule has 1 atom stereocenters. The van der Waals surface area contributed by atoms with Crippen LogP contribution < -0.4 is 0 Å². The fourth-order valence-electron chi connectivity index (χ4n) is 2.12. The Morgan fingerprint density at radius 2 is 2.09 bits per heavy atom. The van der Waals surface area contributed by atoms with Gasteiger partial charge in [0, 0.05) is 29.6 Å². The molecule has 0 fully saturated rings. The van der Waals surface area contributed by atoms with Crippen molar-refractivity contribution < 1.29 is 22.7 Å². The first-order valence-electron chi connectivity index (χ1n) is 6.52. The number of sulfonamides is 1. The quantitative estimate of drug-likeness (QED) is 0.900. The predicted octanol–water partition coefficient (Wildman–Crippen LogP) is 2.74. The minimum Gasteiger partial charge on any atom is -0.481 e. The Labute approximate surface area is 133 Å². The van der Waals surface area contributed by atoms with E-state index in [1.807, 2.05) is 0 Å². The van der Waals surface area contributed by atoms with E-state index in [0.717, 1.165) is 4.31 Å². The number of furan rings is 1. The average molecular weight is 346 g/mol. The maximum atomic E-state index is 12.6. The fourth-order valence-corrected chi connectivity index (χ4v) is 3.69. The lowest BCUT2D eigenvalue weighted by molar-refractivity contribution is -0.141. The molecule has 0 saturated heterocycles. The first kappa shape index (κ1) is 16.8. The number of hydrogen-bond acceptors (Lipinski definition) is 4. The van der Waals surface area contributed by atoms with Gasteiger partial charge in [0.05, 0.1) is 5.92 Å². The molecule has 1 N–H and O–H groups in total. The Balaban J connectivity index is 2.45. The van der Waals surface area contributed by atoms with Crippen molar-refractivity contribution in [3.05, 3.63) is 28.8 Å². The molecule has 0 aliphatic rings. The summed E-state index contributed by atoms with van der Waals surface area (Å²) in [4.78, 5) is 10.9. The summed E-state index contributed by atoms with van der Waals surface area (Å²) in [5.41, 5.74) is 0.868. The Hall–Kier alpha value is -1.57. The summed E-state index contributed by atoms with van der Waals surface area (Å²) in [6.45, 7) is 2.93. The molecule has 1 heterocycles. The second-order valence-electron chi connectivity index (χ2n) is 5.18. The number of benzene rings is 1. The molecule has 6 nitrogen and oxygen atoms in total. The molecule has 0 radical (unpaired) electrons. The molecule has 0 aliphatic carbocycles. The molecule has 22 heavy (non-hydrogen) atoms. The number of aryl methyl sites for hydroxylation is 1. The van der Waals surface area contributed by atoms with E-state index >= 15 is 0 Å². The van der Waals surface area contributed by atoms with Gasteiger partial charge >= 0.3 is 5.97 Å². The van der Waals surface area contributed by atoms with Crippen LogP contribution in [0, 0.1) is 12.8 Å². The largest absolute Gasteiger partial charge is 0.481 e. The van der Waals surface area contributed by atoms with Crippen LogP contribution in [-0.4, -0.2) is 37.4 Å². The van der Waals surface area contributed by atoms with Gasteiger partial charge in [0.15, 0.2) is 0 Å². The van der Waals surface area contributed by atoms with Gasteiger partial charge in [-0.3, -0.25) is 4.79 Å². The van der Waals surface area contributed by atoms with E-state index < -0.39 is 21.9 Å². The molecule has 1 aromatic heterocycles. The van der Waals surface area contributed by atoms with Crippen molar-refractivity contribution in [2.24, 2.45) is 5.92 Å². The first-order chi connectivity index (χ1) is 10.1. The Morgan fingerprint density at radius 3 is 2.68 bits per heavy atom. The number of nitrogens with zero attached hydrogens (tertiary/aromatic N) is 1. The molecular weight excluding hydrogens is 330 g/mol. The summed E-state index contributed by atoms with van der Waals surface area (Å²) in [6.07, 6.45) is 0. The Morgan fingerprint density at radius 1 is 1.45 bits per heavy atom. The van der Waals surface area contributed by atoms with E-state index in [0.29, 0.717) is 21.6 Å². The molecule has 2 aromatic rings. The number of fused-ring (bicyclic) bond motifs is 1. The first-order valence-corrected chi connectivity index (χ1v) is 8.34. The summed E-state index contributed by atoms with van der Waals surface area (Å²) < 4.78 is 31.6. The van der Waals surface area contributed by atoms with Crippen LogP contribution in [0.15, 0.2) is 27.7 Å². The van der Waals surface area contributed by atoms with Crippen LogP contribution in [0.2, 0.25) is 5.02 Å². The minimum atomic E-state index is -3.91. The van der Waals surface area contributed by atoms with E-state index in [2.05, 4.69) is 0 Å². The van der Waals surface area contributed by atoms with Gasteiger partial charge in [0.1, 0.15) is 5.58 Å². The second kappa shape index (κ2) is 5.91. The van der Waals surface area contributed by atoms with Gasteiger partial charge in [-0.15, -0.1) is 0 Å². The van der Waals surface area contributed by atoms with Gasteiger partial charge in [-0.25, -0.2) is 8.42 Å². The van der Waals surface area contributed by atoms with Crippen molar-refractivity contribution in [2.45, 2.75) is 18.9 Å². The standard InChI is InChI=1S/C14H16ClNO5S/c1-8(13(17)18)7-16(3)22(19,20)14-9(2)11-6-10(15)4-5-12(11)21-14/h4-6,8H,7H2,1-3H3,(H,17,18). The third kappa shape index (κ3) is 2.97. The molecule has 1 unspecified atom stereocenters. The van der Waals surface area contributed by atoms with Crippen molar-refractivity contribution in [1.29, 1.82) is 0 Å². The molecule has 0 saturated carbocycles. The molecule has 0 spiro atoms. The normalized spacial score (nSPS) is 13.7. The summed E-state index contributed by atoms with van der Waals surface area (Å²) in [7, 11) is -2.58. The third-order valence-corrected chi connectivity index (χ3v) is 5.51. The van der Waals surface area contributed by atoms with Gasteiger partial charge in [-0.1, -0.05) is 18.5 Å².